The number of carbonyl (C=O) groups excluding carboxylic acids is 1. The minimum Gasteiger partial charge on any atom is -0.497 e. The fourth-order valence-electron chi connectivity index (χ4n) is 1.70. The Bertz CT molecular complexity index is 628. The number of anilines is 1. The highest BCUT2D eigenvalue weighted by molar-refractivity contribution is 9.10. The Morgan fingerprint density at radius 1 is 1.25 bits per heavy atom. The van der Waals surface area contributed by atoms with Crippen LogP contribution >= 0.6 is 15.9 Å². The number of rotatable bonds is 4. The van der Waals surface area contributed by atoms with Gasteiger partial charge in [0.15, 0.2) is 0 Å². The van der Waals surface area contributed by atoms with E-state index in [4.69, 9.17) is 15.2 Å². The third-order valence-corrected chi connectivity index (χ3v) is 3.49. The molecule has 0 aliphatic rings. The van der Waals surface area contributed by atoms with Crippen LogP contribution in [-0.2, 0) is 11.3 Å². The molecule has 0 fully saturated rings. The summed E-state index contributed by atoms with van der Waals surface area (Å²) in [6, 6.07) is 12.4. The molecule has 0 amide bonds. The quantitative estimate of drug-likeness (QED) is 0.687. The lowest BCUT2D eigenvalue weighted by molar-refractivity contribution is 0.0471. The molecule has 2 rings (SSSR count). The first-order valence-electron chi connectivity index (χ1n) is 5.95. The molecule has 0 aromatic heterocycles. The smallest absolute Gasteiger partial charge is 0.338 e. The monoisotopic (exact) mass is 335 g/mol. The fourth-order valence-corrected chi connectivity index (χ4v) is 2.10. The van der Waals surface area contributed by atoms with Gasteiger partial charge in [-0.15, -0.1) is 0 Å². The number of ether oxygens (including phenoxy) is 2. The fraction of sp³-hybridized carbons (Fsp3) is 0.133. The van der Waals surface area contributed by atoms with Crippen LogP contribution in [0.5, 0.6) is 5.75 Å². The van der Waals surface area contributed by atoms with Gasteiger partial charge in [-0.2, -0.15) is 0 Å². The molecule has 2 N–H and O–H groups in total. The molecular formula is C15H14BrNO3. The van der Waals surface area contributed by atoms with E-state index < -0.39 is 5.97 Å². The molecule has 0 unspecified atom stereocenters. The summed E-state index contributed by atoms with van der Waals surface area (Å²) < 4.78 is 11.2. The minimum absolute atomic E-state index is 0.192. The van der Waals surface area contributed by atoms with E-state index >= 15 is 0 Å². The average molecular weight is 336 g/mol. The van der Waals surface area contributed by atoms with E-state index in [1.165, 1.54) is 7.11 Å². The summed E-state index contributed by atoms with van der Waals surface area (Å²) in [6.07, 6.45) is 0. The number of esters is 1. The summed E-state index contributed by atoms with van der Waals surface area (Å²) in [7, 11) is 1.52. The largest absolute Gasteiger partial charge is 0.497 e. The molecule has 5 heteroatoms. The summed E-state index contributed by atoms with van der Waals surface area (Å²) in [6.45, 7) is 0.192. The number of nitrogen functional groups attached to an aromatic ring is 1. The van der Waals surface area contributed by atoms with E-state index in [9.17, 15) is 4.79 Å². The molecule has 4 nitrogen and oxygen atoms in total. The highest BCUT2D eigenvalue weighted by Gasteiger charge is 2.11. The number of methoxy groups -OCH3 is 1. The maximum absolute atomic E-state index is 12.0. The van der Waals surface area contributed by atoms with Crippen LogP contribution in [0, 0.1) is 0 Å². The zero-order chi connectivity index (χ0) is 14.5. The average Bonchev–Trinajstić information content (AvgIpc) is 2.45. The molecule has 0 spiro atoms. The van der Waals surface area contributed by atoms with Crippen LogP contribution in [-0.4, -0.2) is 13.1 Å². The second-order valence-electron chi connectivity index (χ2n) is 4.16. The maximum Gasteiger partial charge on any atom is 0.338 e. The lowest BCUT2D eigenvalue weighted by Crippen LogP contribution is -2.06. The van der Waals surface area contributed by atoms with Gasteiger partial charge in [0.05, 0.1) is 12.7 Å². The first-order valence-corrected chi connectivity index (χ1v) is 6.74. The van der Waals surface area contributed by atoms with Crippen molar-refractivity contribution in [3.05, 3.63) is 58.1 Å². The number of nitrogens with two attached hydrogens (primary N) is 1. The normalized spacial score (nSPS) is 10.1. The van der Waals surface area contributed by atoms with Gasteiger partial charge in [0.2, 0.25) is 0 Å². The summed E-state index contributed by atoms with van der Waals surface area (Å²) >= 11 is 3.41. The van der Waals surface area contributed by atoms with Crippen LogP contribution in [0.2, 0.25) is 0 Å². The molecule has 104 valence electrons. The highest BCUT2D eigenvalue weighted by Crippen LogP contribution is 2.21. The zero-order valence-electron chi connectivity index (χ0n) is 10.9. The first-order chi connectivity index (χ1) is 9.60. The molecule has 0 saturated carbocycles. The lowest BCUT2D eigenvalue weighted by atomic mass is 10.2. The van der Waals surface area contributed by atoms with Crippen molar-refractivity contribution < 1.29 is 14.3 Å². The Kier molecular flexibility index (Phi) is 4.63. The Labute approximate surface area is 125 Å². The highest BCUT2D eigenvalue weighted by atomic mass is 79.9. The standard InChI is InChI=1S/C15H14BrNO3/c1-19-13-7-11(6-12(17)8-13)15(18)20-9-10-4-2-3-5-14(10)16/h2-8H,9,17H2,1H3. The third-order valence-electron chi connectivity index (χ3n) is 2.72. The topological polar surface area (TPSA) is 61.5 Å². The second-order valence-corrected chi connectivity index (χ2v) is 5.02. The van der Waals surface area contributed by atoms with Gasteiger partial charge in [0, 0.05) is 21.8 Å². The Hall–Kier alpha value is -2.01. The summed E-state index contributed by atoms with van der Waals surface area (Å²) in [4.78, 5) is 12.0. The Morgan fingerprint density at radius 2 is 2.00 bits per heavy atom. The molecule has 2 aromatic rings. The number of hydrogen-bond donors (Lipinski definition) is 1. The maximum atomic E-state index is 12.0. The van der Waals surface area contributed by atoms with Gasteiger partial charge in [0.1, 0.15) is 12.4 Å². The van der Waals surface area contributed by atoms with Crippen LogP contribution in [0.3, 0.4) is 0 Å². The van der Waals surface area contributed by atoms with E-state index in [0.717, 1.165) is 10.0 Å². The first kappa shape index (κ1) is 14.4. The Morgan fingerprint density at radius 3 is 2.70 bits per heavy atom. The summed E-state index contributed by atoms with van der Waals surface area (Å²) in [5, 5.41) is 0. The van der Waals surface area contributed by atoms with Crippen molar-refractivity contribution in [3.8, 4) is 5.75 Å². The van der Waals surface area contributed by atoms with Crippen LogP contribution < -0.4 is 10.5 Å². The second kappa shape index (κ2) is 6.43. The molecule has 0 atom stereocenters. The van der Waals surface area contributed by atoms with E-state index in [1.807, 2.05) is 24.3 Å². The van der Waals surface area contributed by atoms with Crippen LogP contribution in [0.4, 0.5) is 5.69 Å². The molecular weight excluding hydrogens is 322 g/mol. The molecule has 0 radical (unpaired) electrons. The third kappa shape index (κ3) is 3.51. The predicted molar refractivity (Wildman–Crippen MR) is 80.7 cm³/mol. The van der Waals surface area contributed by atoms with Crippen LogP contribution in [0.25, 0.3) is 0 Å². The van der Waals surface area contributed by atoms with E-state index in [-0.39, 0.29) is 6.61 Å². The molecule has 20 heavy (non-hydrogen) atoms. The zero-order valence-corrected chi connectivity index (χ0v) is 12.5. The number of hydrogen-bond acceptors (Lipinski definition) is 4. The lowest BCUT2D eigenvalue weighted by Gasteiger charge is -2.08. The van der Waals surface area contributed by atoms with Gasteiger partial charge in [-0.05, 0) is 18.2 Å². The minimum atomic E-state index is -0.439. The predicted octanol–water partition coefficient (Wildman–Crippen LogP) is 3.40. The van der Waals surface area contributed by atoms with E-state index in [2.05, 4.69) is 15.9 Å². The molecule has 0 aliphatic carbocycles. The van der Waals surface area contributed by atoms with Crippen molar-refractivity contribution in [3.63, 3.8) is 0 Å². The van der Waals surface area contributed by atoms with Gasteiger partial charge in [0.25, 0.3) is 0 Å². The van der Waals surface area contributed by atoms with Gasteiger partial charge in [-0.25, -0.2) is 4.79 Å². The van der Waals surface area contributed by atoms with Crippen molar-refractivity contribution in [2.45, 2.75) is 6.61 Å². The van der Waals surface area contributed by atoms with Gasteiger partial charge < -0.3 is 15.2 Å². The molecule has 0 heterocycles. The number of carbonyl (C=O) groups is 1. The van der Waals surface area contributed by atoms with E-state index in [1.54, 1.807) is 18.2 Å². The molecule has 0 bridgehead atoms. The summed E-state index contributed by atoms with van der Waals surface area (Å²) in [5.41, 5.74) is 7.43. The SMILES string of the molecule is COc1cc(N)cc(C(=O)OCc2ccccc2Br)c1. The van der Waals surface area contributed by atoms with Gasteiger partial charge >= 0.3 is 5.97 Å². The number of halogens is 1. The van der Waals surface area contributed by atoms with Crippen molar-refractivity contribution in [2.24, 2.45) is 0 Å². The number of benzene rings is 2. The van der Waals surface area contributed by atoms with E-state index in [0.29, 0.717) is 17.0 Å². The molecule has 2 aromatic carbocycles. The molecule has 0 aliphatic heterocycles. The van der Waals surface area contributed by atoms with Gasteiger partial charge in [-0.3, -0.25) is 0 Å². The van der Waals surface area contributed by atoms with Crippen LogP contribution in [0.1, 0.15) is 15.9 Å². The van der Waals surface area contributed by atoms with Crippen LogP contribution in [0.15, 0.2) is 46.9 Å². The van der Waals surface area contributed by atoms with Gasteiger partial charge in [-0.1, -0.05) is 34.1 Å². The Balaban J connectivity index is 2.09. The molecule has 0 saturated heterocycles. The van der Waals surface area contributed by atoms with Crippen molar-refractivity contribution in [2.75, 3.05) is 12.8 Å². The van der Waals surface area contributed by atoms with Crippen molar-refractivity contribution in [1.82, 2.24) is 0 Å². The van der Waals surface area contributed by atoms with Crippen molar-refractivity contribution >= 4 is 27.6 Å². The van der Waals surface area contributed by atoms with Crippen molar-refractivity contribution in [1.29, 1.82) is 0 Å². The summed E-state index contributed by atoms with van der Waals surface area (Å²) in [5.74, 6) is 0.0872.